The molecule has 0 saturated heterocycles. The molecule has 9 heteroatoms. The van der Waals surface area contributed by atoms with Crippen molar-refractivity contribution in [3.05, 3.63) is 24.3 Å². The highest BCUT2D eigenvalue weighted by Gasteiger charge is 2.48. The monoisotopic (exact) mass is 300 g/mol. The number of hydrogen-bond acceptors (Lipinski definition) is 5. The summed E-state index contributed by atoms with van der Waals surface area (Å²) in [5.74, 6) is -0.707. The van der Waals surface area contributed by atoms with Crippen molar-refractivity contribution in [1.82, 2.24) is 0 Å². The molecule has 1 aromatic carbocycles. The van der Waals surface area contributed by atoms with Crippen molar-refractivity contribution in [3.63, 3.8) is 0 Å². The van der Waals surface area contributed by atoms with Crippen LogP contribution in [0, 0.1) is 0 Å². The van der Waals surface area contributed by atoms with E-state index in [1.54, 1.807) is 0 Å². The number of ether oxygens (including phenoxy) is 1. The summed E-state index contributed by atoms with van der Waals surface area (Å²) in [4.78, 5) is 0. The Morgan fingerprint density at radius 2 is 1.74 bits per heavy atom. The van der Waals surface area contributed by atoms with Crippen molar-refractivity contribution in [2.75, 3.05) is 13.2 Å². The summed E-state index contributed by atoms with van der Waals surface area (Å²) >= 11 is 0. The van der Waals surface area contributed by atoms with Crippen molar-refractivity contribution in [2.45, 2.75) is 11.9 Å². The van der Waals surface area contributed by atoms with Gasteiger partial charge in [-0.3, -0.25) is 0 Å². The number of benzene rings is 1. The summed E-state index contributed by atoms with van der Waals surface area (Å²) in [6, 6.07) is 5.05. The Bertz CT molecular complexity index is 512. The van der Waals surface area contributed by atoms with Gasteiger partial charge in [0.25, 0.3) is 0 Å². The fourth-order valence-electron chi connectivity index (χ4n) is 1.05. The third-order valence-electron chi connectivity index (χ3n) is 1.89. The molecule has 0 spiro atoms. The molecule has 1 aromatic rings. The molecule has 5 nitrogen and oxygen atoms in total. The van der Waals surface area contributed by atoms with Crippen LogP contribution in [0.1, 0.15) is 6.42 Å². The van der Waals surface area contributed by atoms with Gasteiger partial charge in [0.05, 0.1) is 6.61 Å². The molecule has 1 rings (SSSR count). The Hall–Kier alpha value is -1.48. The molecule has 0 aromatic heterocycles. The van der Waals surface area contributed by atoms with E-state index in [2.05, 4.69) is 4.18 Å². The van der Waals surface area contributed by atoms with Crippen LogP contribution in [0.4, 0.5) is 13.2 Å². The van der Waals surface area contributed by atoms with Gasteiger partial charge in [0, 0.05) is 13.0 Å². The zero-order chi connectivity index (χ0) is 14.5. The van der Waals surface area contributed by atoms with Gasteiger partial charge in [-0.15, -0.1) is 0 Å². The lowest BCUT2D eigenvalue weighted by Gasteiger charge is -2.13. The minimum Gasteiger partial charge on any atom is -0.490 e. The van der Waals surface area contributed by atoms with Gasteiger partial charge >= 0.3 is 15.6 Å². The molecule has 0 unspecified atom stereocenters. The summed E-state index contributed by atoms with van der Waals surface area (Å²) in [6.45, 7) is -0.146. The predicted molar refractivity (Wildman–Crippen MR) is 59.2 cm³/mol. The van der Waals surface area contributed by atoms with Crippen molar-refractivity contribution < 1.29 is 35.6 Å². The molecule has 0 fully saturated rings. The lowest BCUT2D eigenvalue weighted by atomic mass is 10.3. The summed E-state index contributed by atoms with van der Waals surface area (Å²) < 4.78 is 67.2. The quantitative estimate of drug-likeness (QED) is 0.491. The zero-order valence-electron chi connectivity index (χ0n) is 9.55. The molecule has 19 heavy (non-hydrogen) atoms. The van der Waals surface area contributed by atoms with E-state index in [9.17, 15) is 21.6 Å². The molecule has 0 bridgehead atoms. The van der Waals surface area contributed by atoms with Gasteiger partial charge in [0.15, 0.2) is 11.5 Å². The van der Waals surface area contributed by atoms with E-state index in [0.29, 0.717) is 0 Å². The second-order valence-corrected chi connectivity index (χ2v) is 4.89. The molecule has 0 saturated carbocycles. The Labute approximate surface area is 107 Å². The topological polar surface area (TPSA) is 72.8 Å². The van der Waals surface area contributed by atoms with Crippen LogP contribution >= 0.6 is 0 Å². The maximum absolute atomic E-state index is 12.2. The van der Waals surface area contributed by atoms with Crippen LogP contribution in [0.2, 0.25) is 0 Å². The fourth-order valence-corrected chi connectivity index (χ4v) is 1.52. The van der Waals surface area contributed by atoms with E-state index in [4.69, 9.17) is 9.84 Å². The second-order valence-electron chi connectivity index (χ2n) is 3.36. The first-order chi connectivity index (χ1) is 8.78. The molecule has 1 N–H and O–H groups in total. The normalized spacial score (nSPS) is 12.2. The summed E-state index contributed by atoms with van der Waals surface area (Å²) in [5, 5.41) is 8.55. The fraction of sp³-hybridized carbons (Fsp3) is 0.400. The SMILES string of the molecule is O=S(=O)(Oc1ccccc1OCCCO)C(F)(F)F. The Kier molecular flexibility index (Phi) is 5.01. The average molecular weight is 300 g/mol. The predicted octanol–water partition coefficient (Wildman–Crippen LogP) is 1.68. The first-order valence-corrected chi connectivity index (χ1v) is 6.52. The van der Waals surface area contributed by atoms with E-state index >= 15 is 0 Å². The number of hydrogen-bond donors (Lipinski definition) is 1. The highest BCUT2D eigenvalue weighted by Crippen LogP contribution is 2.32. The van der Waals surface area contributed by atoms with E-state index in [-0.39, 0.29) is 25.4 Å². The van der Waals surface area contributed by atoms with Crippen molar-refractivity contribution >= 4 is 10.1 Å². The van der Waals surface area contributed by atoms with Crippen LogP contribution in [-0.4, -0.2) is 32.2 Å². The molecule has 0 radical (unpaired) electrons. The molecule has 0 aliphatic heterocycles. The largest absolute Gasteiger partial charge is 0.534 e. The van der Waals surface area contributed by atoms with Gasteiger partial charge in [-0.05, 0) is 12.1 Å². The molecular weight excluding hydrogens is 289 g/mol. The van der Waals surface area contributed by atoms with E-state index < -0.39 is 21.4 Å². The van der Waals surface area contributed by atoms with Gasteiger partial charge in [-0.1, -0.05) is 12.1 Å². The molecule has 0 aliphatic rings. The molecule has 0 heterocycles. The first-order valence-electron chi connectivity index (χ1n) is 5.11. The van der Waals surface area contributed by atoms with Crippen LogP contribution in [0.25, 0.3) is 0 Å². The summed E-state index contributed by atoms with van der Waals surface area (Å²) in [6.07, 6.45) is 0.250. The maximum atomic E-state index is 12.2. The van der Waals surface area contributed by atoms with Crippen LogP contribution in [0.3, 0.4) is 0 Å². The van der Waals surface area contributed by atoms with Crippen LogP contribution < -0.4 is 8.92 Å². The summed E-state index contributed by atoms with van der Waals surface area (Å²) in [5.41, 5.74) is -5.51. The highest BCUT2D eigenvalue weighted by atomic mass is 32.2. The number of halogens is 3. The van der Waals surface area contributed by atoms with E-state index in [1.165, 1.54) is 18.2 Å². The summed E-state index contributed by atoms with van der Waals surface area (Å²) in [7, 11) is -5.73. The smallest absolute Gasteiger partial charge is 0.490 e. The molecule has 0 amide bonds. The third kappa shape index (κ3) is 4.28. The lowest BCUT2D eigenvalue weighted by Crippen LogP contribution is -2.28. The minimum absolute atomic E-state index is 0.0168. The van der Waals surface area contributed by atoms with Gasteiger partial charge in [0.2, 0.25) is 0 Å². The van der Waals surface area contributed by atoms with Crippen LogP contribution in [-0.2, 0) is 10.1 Å². The standard InChI is InChI=1S/C10H11F3O5S/c11-10(12,13)19(15,16)18-9-5-2-1-4-8(9)17-7-3-6-14/h1-2,4-5,14H,3,6-7H2. The van der Waals surface area contributed by atoms with Crippen molar-refractivity contribution in [1.29, 1.82) is 0 Å². The van der Waals surface area contributed by atoms with Crippen LogP contribution in [0.5, 0.6) is 11.5 Å². The van der Waals surface area contributed by atoms with Gasteiger partial charge in [0.1, 0.15) is 0 Å². The number of aliphatic hydroxyl groups is 1. The number of aliphatic hydroxyl groups excluding tert-OH is 1. The highest BCUT2D eigenvalue weighted by molar-refractivity contribution is 7.88. The number of rotatable bonds is 6. The zero-order valence-corrected chi connectivity index (χ0v) is 10.4. The number of alkyl halides is 3. The van der Waals surface area contributed by atoms with Crippen LogP contribution in [0.15, 0.2) is 24.3 Å². The van der Waals surface area contributed by atoms with Crippen molar-refractivity contribution in [3.8, 4) is 11.5 Å². The van der Waals surface area contributed by atoms with Crippen molar-refractivity contribution in [2.24, 2.45) is 0 Å². The van der Waals surface area contributed by atoms with Gasteiger partial charge < -0.3 is 14.0 Å². The lowest BCUT2D eigenvalue weighted by molar-refractivity contribution is -0.0500. The second kappa shape index (κ2) is 6.11. The molecule has 108 valence electrons. The average Bonchev–Trinajstić information content (AvgIpc) is 2.30. The Morgan fingerprint density at radius 1 is 1.16 bits per heavy atom. The number of para-hydroxylation sites is 2. The third-order valence-corrected chi connectivity index (χ3v) is 2.86. The minimum atomic E-state index is -5.73. The van der Waals surface area contributed by atoms with E-state index in [1.807, 2.05) is 0 Å². The molecular formula is C10H11F3O5S. The van der Waals surface area contributed by atoms with Gasteiger partial charge in [-0.2, -0.15) is 21.6 Å². The molecule has 0 atom stereocenters. The maximum Gasteiger partial charge on any atom is 0.534 e. The van der Waals surface area contributed by atoms with Gasteiger partial charge in [-0.25, -0.2) is 0 Å². The first kappa shape index (κ1) is 15.6. The Morgan fingerprint density at radius 3 is 2.26 bits per heavy atom. The molecule has 0 aliphatic carbocycles. The Balaban J connectivity index is 2.90. The van der Waals surface area contributed by atoms with E-state index in [0.717, 1.165) is 6.07 Å².